The third-order valence-electron chi connectivity index (χ3n) is 5.36. The lowest BCUT2D eigenvalue weighted by molar-refractivity contribution is -0.120. The molecule has 150 valence electrons. The van der Waals surface area contributed by atoms with Gasteiger partial charge in [0, 0.05) is 13.1 Å². The van der Waals surface area contributed by atoms with Gasteiger partial charge in [0.05, 0.1) is 17.9 Å². The number of carbonyl (C=O) groups excluding carboxylic acids is 2. The van der Waals surface area contributed by atoms with Crippen LogP contribution in [0.5, 0.6) is 5.75 Å². The first-order chi connectivity index (χ1) is 14.2. The number of carbonyl (C=O) groups is 2. The van der Waals surface area contributed by atoms with Gasteiger partial charge in [-0.25, -0.2) is 4.90 Å². The molecule has 29 heavy (non-hydrogen) atoms. The van der Waals surface area contributed by atoms with Crippen LogP contribution in [0.15, 0.2) is 60.3 Å². The fraction of sp³-hybridized carbons (Fsp3) is 0.333. The molecule has 1 fully saturated rings. The Balaban J connectivity index is 1.74. The quantitative estimate of drug-likeness (QED) is 0.692. The molecule has 0 N–H and O–H groups in total. The van der Waals surface area contributed by atoms with E-state index < -0.39 is 0 Å². The summed E-state index contributed by atoms with van der Waals surface area (Å²) < 4.78 is 5.67. The second kappa shape index (κ2) is 8.52. The zero-order chi connectivity index (χ0) is 20.2. The first kappa shape index (κ1) is 19.2. The van der Waals surface area contributed by atoms with Crippen molar-refractivity contribution in [1.82, 2.24) is 4.90 Å². The summed E-state index contributed by atoms with van der Waals surface area (Å²) in [6, 6.07) is 16.7. The average Bonchev–Trinajstić information content (AvgIpc) is 3.04. The van der Waals surface area contributed by atoms with E-state index in [1.54, 1.807) is 12.1 Å². The summed E-state index contributed by atoms with van der Waals surface area (Å²) in [5.74, 6) is 0.279. The number of rotatable bonds is 6. The highest BCUT2D eigenvalue weighted by molar-refractivity contribution is 6.45. The lowest BCUT2D eigenvalue weighted by Gasteiger charge is -2.29. The van der Waals surface area contributed by atoms with E-state index >= 15 is 0 Å². The first-order valence-electron chi connectivity index (χ1n) is 10.4. The highest BCUT2D eigenvalue weighted by Crippen LogP contribution is 2.36. The normalized spacial score (nSPS) is 17.3. The van der Waals surface area contributed by atoms with Crippen molar-refractivity contribution >= 4 is 23.1 Å². The SMILES string of the molecule is CCCOc1ccc(C2=C(N3CCCCC3)C(=O)N(c3ccccc3)C2=O)cc1. The van der Waals surface area contributed by atoms with E-state index in [-0.39, 0.29) is 11.8 Å². The van der Waals surface area contributed by atoms with Crippen LogP contribution in [0.2, 0.25) is 0 Å². The summed E-state index contributed by atoms with van der Waals surface area (Å²) in [5, 5.41) is 0. The summed E-state index contributed by atoms with van der Waals surface area (Å²) in [5.41, 5.74) is 2.38. The van der Waals surface area contributed by atoms with Crippen molar-refractivity contribution < 1.29 is 14.3 Å². The van der Waals surface area contributed by atoms with Crippen LogP contribution in [0, 0.1) is 0 Å². The molecule has 0 bridgehead atoms. The predicted molar refractivity (Wildman–Crippen MR) is 114 cm³/mol. The van der Waals surface area contributed by atoms with E-state index in [0.717, 1.165) is 50.1 Å². The number of likely N-dealkylation sites (tertiary alicyclic amines) is 1. The molecule has 5 heteroatoms. The van der Waals surface area contributed by atoms with E-state index in [1.807, 2.05) is 42.5 Å². The summed E-state index contributed by atoms with van der Waals surface area (Å²) in [7, 11) is 0. The van der Waals surface area contributed by atoms with Crippen molar-refractivity contribution in [2.75, 3.05) is 24.6 Å². The molecule has 5 nitrogen and oxygen atoms in total. The maximum atomic E-state index is 13.4. The maximum Gasteiger partial charge on any atom is 0.282 e. The summed E-state index contributed by atoms with van der Waals surface area (Å²) in [6.45, 7) is 4.32. The molecule has 2 aliphatic heterocycles. The molecule has 2 amide bonds. The largest absolute Gasteiger partial charge is 0.494 e. The molecule has 2 aromatic rings. The molecule has 0 atom stereocenters. The minimum atomic E-state index is -0.260. The van der Waals surface area contributed by atoms with Gasteiger partial charge in [0.1, 0.15) is 11.4 Å². The van der Waals surface area contributed by atoms with Gasteiger partial charge in [-0.05, 0) is 55.5 Å². The first-order valence-corrected chi connectivity index (χ1v) is 10.4. The smallest absolute Gasteiger partial charge is 0.282 e. The van der Waals surface area contributed by atoms with Crippen LogP contribution in [-0.4, -0.2) is 36.4 Å². The van der Waals surface area contributed by atoms with E-state index in [4.69, 9.17) is 4.74 Å². The molecule has 2 aromatic carbocycles. The van der Waals surface area contributed by atoms with Gasteiger partial charge < -0.3 is 9.64 Å². The molecular formula is C24H26N2O3. The van der Waals surface area contributed by atoms with Crippen LogP contribution in [0.25, 0.3) is 5.57 Å². The minimum absolute atomic E-state index is 0.232. The maximum absolute atomic E-state index is 13.4. The molecule has 2 aliphatic rings. The number of piperidine rings is 1. The Labute approximate surface area is 171 Å². The molecule has 0 spiro atoms. The highest BCUT2D eigenvalue weighted by atomic mass is 16.5. The van der Waals surface area contributed by atoms with E-state index in [2.05, 4.69) is 11.8 Å². The zero-order valence-electron chi connectivity index (χ0n) is 16.8. The van der Waals surface area contributed by atoms with E-state index in [0.29, 0.717) is 23.6 Å². The number of para-hydroxylation sites is 1. The number of ether oxygens (including phenoxy) is 1. The van der Waals surface area contributed by atoms with Crippen molar-refractivity contribution in [3.63, 3.8) is 0 Å². The monoisotopic (exact) mass is 390 g/mol. The average molecular weight is 390 g/mol. The van der Waals surface area contributed by atoms with Crippen LogP contribution in [0.3, 0.4) is 0 Å². The van der Waals surface area contributed by atoms with E-state index in [1.165, 1.54) is 4.90 Å². The van der Waals surface area contributed by atoms with Gasteiger partial charge in [-0.2, -0.15) is 0 Å². The van der Waals surface area contributed by atoms with Crippen LogP contribution < -0.4 is 9.64 Å². The third kappa shape index (κ3) is 3.77. The van der Waals surface area contributed by atoms with Gasteiger partial charge >= 0.3 is 0 Å². The van der Waals surface area contributed by atoms with Crippen molar-refractivity contribution in [2.45, 2.75) is 32.6 Å². The Morgan fingerprint density at radius 1 is 0.862 bits per heavy atom. The Bertz CT molecular complexity index is 913. The third-order valence-corrected chi connectivity index (χ3v) is 5.36. The van der Waals surface area contributed by atoms with Crippen molar-refractivity contribution in [3.8, 4) is 5.75 Å². The zero-order valence-corrected chi connectivity index (χ0v) is 16.8. The van der Waals surface area contributed by atoms with Crippen molar-refractivity contribution in [2.24, 2.45) is 0 Å². The molecule has 0 radical (unpaired) electrons. The Kier molecular flexibility index (Phi) is 5.65. The molecular weight excluding hydrogens is 364 g/mol. The van der Waals surface area contributed by atoms with Crippen LogP contribution in [0.4, 0.5) is 5.69 Å². The van der Waals surface area contributed by atoms with Gasteiger partial charge in [0.25, 0.3) is 11.8 Å². The fourth-order valence-electron chi connectivity index (χ4n) is 3.94. The van der Waals surface area contributed by atoms with Gasteiger partial charge in [0.2, 0.25) is 0 Å². The molecule has 0 saturated carbocycles. The van der Waals surface area contributed by atoms with Crippen LogP contribution in [-0.2, 0) is 9.59 Å². The molecule has 4 rings (SSSR count). The summed E-state index contributed by atoms with van der Waals surface area (Å²) in [6.07, 6.45) is 4.17. The number of amides is 2. The van der Waals surface area contributed by atoms with Crippen molar-refractivity contribution in [3.05, 3.63) is 65.9 Å². The number of benzene rings is 2. The number of nitrogens with zero attached hydrogens (tertiary/aromatic N) is 2. The second-order valence-electron chi connectivity index (χ2n) is 7.43. The molecule has 2 heterocycles. The number of imide groups is 1. The standard InChI is InChI=1S/C24H26N2O3/c1-2-17-29-20-13-11-18(12-14-20)21-22(25-15-7-4-8-16-25)24(28)26(23(21)27)19-9-5-3-6-10-19/h3,5-6,9-14H,2,4,7-8,15-17H2,1H3. The van der Waals surface area contributed by atoms with Crippen LogP contribution in [0.1, 0.15) is 38.2 Å². The molecule has 0 unspecified atom stereocenters. The van der Waals surface area contributed by atoms with Gasteiger partial charge in [-0.3, -0.25) is 9.59 Å². The Morgan fingerprint density at radius 3 is 2.21 bits per heavy atom. The second-order valence-corrected chi connectivity index (χ2v) is 7.43. The Morgan fingerprint density at radius 2 is 1.55 bits per heavy atom. The highest BCUT2D eigenvalue weighted by Gasteiger charge is 2.42. The lowest BCUT2D eigenvalue weighted by Crippen LogP contribution is -2.37. The summed E-state index contributed by atoms with van der Waals surface area (Å²) in [4.78, 5) is 30.2. The topological polar surface area (TPSA) is 49.9 Å². The lowest BCUT2D eigenvalue weighted by atomic mass is 10.0. The molecule has 0 aromatic heterocycles. The fourth-order valence-corrected chi connectivity index (χ4v) is 3.94. The summed E-state index contributed by atoms with van der Waals surface area (Å²) >= 11 is 0. The van der Waals surface area contributed by atoms with Crippen molar-refractivity contribution in [1.29, 1.82) is 0 Å². The Hall–Kier alpha value is -3.08. The minimum Gasteiger partial charge on any atom is -0.494 e. The van der Waals surface area contributed by atoms with Gasteiger partial charge in [0.15, 0.2) is 0 Å². The number of anilines is 1. The van der Waals surface area contributed by atoms with E-state index in [9.17, 15) is 9.59 Å². The molecule has 0 aliphatic carbocycles. The van der Waals surface area contributed by atoms with Gasteiger partial charge in [-0.1, -0.05) is 37.3 Å². The van der Waals surface area contributed by atoms with Gasteiger partial charge in [-0.15, -0.1) is 0 Å². The number of hydrogen-bond acceptors (Lipinski definition) is 4. The number of hydrogen-bond donors (Lipinski definition) is 0. The predicted octanol–water partition coefficient (Wildman–Crippen LogP) is 4.25. The molecule has 1 saturated heterocycles. The van der Waals surface area contributed by atoms with Crippen LogP contribution >= 0.6 is 0 Å².